The topological polar surface area (TPSA) is 290 Å². The van der Waals surface area contributed by atoms with Gasteiger partial charge < -0.3 is 62.8 Å². The van der Waals surface area contributed by atoms with Gasteiger partial charge in [0.25, 0.3) is 11.1 Å². The highest BCUT2D eigenvalue weighted by Crippen LogP contribution is 2.43. The molecule has 0 saturated carbocycles. The second-order valence-corrected chi connectivity index (χ2v) is 21.1. The lowest BCUT2D eigenvalue weighted by Gasteiger charge is -2.36. The van der Waals surface area contributed by atoms with Crippen molar-refractivity contribution in [1.29, 1.82) is 0 Å². The van der Waals surface area contributed by atoms with Crippen LogP contribution >= 0.6 is 0 Å². The maximum atomic E-state index is 14.1. The molecule has 3 atom stereocenters. The van der Waals surface area contributed by atoms with E-state index >= 15 is 0 Å². The first-order valence-corrected chi connectivity index (χ1v) is 28.2. The van der Waals surface area contributed by atoms with E-state index in [1.54, 1.807) is 54.2 Å². The molecule has 23 heteroatoms. The number of hydrogen-bond donors (Lipinski definition) is 3. The highest BCUT2D eigenvalue weighted by Gasteiger charge is 2.52. The number of cyclic esters (lactones) is 2. The van der Waals surface area contributed by atoms with Crippen molar-refractivity contribution < 1.29 is 71.8 Å². The molecule has 2 aromatic carbocycles. The Hall–Kier alpha value is -8.38. The zero-order chi connectivity index (χ0) is 59.6. The summed E-state index contributed by atoms with van der Waals surface area (Å²) in [6.45, 7) is 9.45. The Morgan fingerprint density at radius 2 is 1.21 bits per heavy atom. The third-order valence-electron chi connectivity index (χ3n) is 15.9. The average Bonchev–Trinajstić information content (AvgIpc) is 1.62. The molecule has 23 nitrogen and oxygen atoms in total. The van der Waals surface area contributed by atoms with E-state index in [9.17, 15) is 43.5 Å². The van der Waals surface area contributed by atoms with Crippen molar-refractivity contribution in [1.82, 2.24) is 29.7 Å². The molecule has 84 heavy (non-hydrogen) atoms. The first-order chi connectivity index (χ1) is 40.4. The maximum Gasteiger partial charge on any atom is 0.355 e. The Bertz CT molecular complexity index is 3800. The zero-order valence-electron chi connectivity index (χ0n) is 47.7. The summed E-state index contributed by atoms with van der Waals surface area (Å²) >= 11 is 0. The molecular weight excluding hydrogens is 1090 g/mol. The summed E-state index contributed by atoms with van der Waals surface area (Å²) in [4.78, 5) is 117. The largest absolute Gasteiger partial charge is 0.508 e. The van der Waals surface area contributed by atoms with E-state index in [2.05, 4.69) is 23.6 Å². The molecular formula is C61H66N6O17. The summed E-state index contributed by atoms with van der Waals surface area (Å²) in [5, 5.41) is 16.9. The summed E-state index contributed by atoms with van der Waals surface area (Å²) in [7, 11) is 0. The van der Waals surface area contributed by atoms with Crippen molar-refractivity contribution in [3.63, 3.8) is 0 Å². The lowest BCUT2D eigenvalue weighted by atomic mass is 9.84. The van der Waals surface area contributed by atoms with Crippen LogP contribution in [0, 0.1) is 6.92 Å². The number of hydrogen-bond acceptors (Lipinski definition) is 19. The smallest absolute Gasteiger partial charge is 0.355 e. The minimum Gasteiger partial charge on any atom is -0.508 e. The Labute approximate surface area is 481 Å². The lowest BCUT2D eigenvalue weighted by molar-refractivity contribution is -0.189. The maximum absolute atomic E-state index is 14.1. The van der Waals surface area contributed by atoms with Crippen LogP contribution in [0.1, 0.15) is 109 Å². The highest BCUT2D eigenvalue weighted by atomic mass is 16.6. The van der Waals surface area contributed by atoms with Gasteiger partial charge in [-0.05, 0) is 98.7 Å². The van der Waals surface area contributed by atoms with Gasteiger partial charge in [-0.1, -0.05) is 39.3 Å². The van der Waals surface area contributed by atoms with E-state index < -0.39 is 78.8 Å². The summed E-state index contributed by atoms with van der Waals surface area (Å²) in [5.74, 6) is -4.70. The van der Waals surface area contributed by atoms with Crippen LogP contribution in [0.15, 0.2) is 58.1 Å². The predicted octanol–water partition coefficient (Wildman–Crippen LogP) is 4.02. The minimum absolute atomic E-state index is 0.0254. The summed E-state index contributed by atoms with van der Waals surface area (Å²) in [5.41, 5.74) is 5.14. The van der Waals surface area contributed by atoms with Gasteiger partial charge in [0, 0.05) is 39.6 Å². The Kier molecular flexibility index (Phi) is 17.1. The molecule has 1 unspecified atom stereocenters. The molecule has 2 amide bonds. The van der Waals surface area contributed by atoms with Gasteiger partial charge >= 0.3 is 23.9 Å². The number of carbonyl (C=O) groups excluding carboxylic acids is 6. The fourth-order valence-corrected chi connectivity index (χ4v) is 11.7. The number of carbonyl (C=O) groups is 6. The molecule has 0 radical (unpaired) electrons. The number of aromatic hydroxyl groups is 1. The van der Waals surface area contributed by atoms with Gasteiger partial charge in [0.05, 0.1) is 91.5 Å². The number of aryl methyl sites for hydroxylation is 3. The number of phenolic OH excluding ortho intramolecular Hbond substituents is 1. The van der Waals surface area contributed by atoms with E-state index in [1.807, 2.05) is 26.0 Å². The molecule has 8 heterocycles. The number of esters is 4. The summed E-state index contributed by atoms with van der Waals surface area (Å²) in [6, 6.07) is 14.4. The number of benzene rings is 2. The number of aromatic nitrogens is 4. The summed E-state index contributed by atoms with van der Waals surface area (Å²) in [6.07, 6.45) is 1.20. The van der Waals surface area contributed by atoms with Crippen LogP contribution < -0.4 is 21.8 Å². The zero-order valence-corrected chi connectivity index (χ0v) is 47.7. The van der Waals surface area contributed by atoms with E-state index in [4.69, 9.17) is 47.9 Å². The Morgan fingerprint density at radius 1 is 0.667 bits per heavy atom. The predicted molar refractivity (Wildman–Crippen MR) is 300 cm³/mol. The second kappa shape index (κ2) is 24.4. The van der Waals surface area contributed by atoms with Crippen LogP contribution in [0.2, 0.25) is 0 Å². The number of ether oxygens (including phenoxy) is 8. The third kappa shape index (κ3) is 11.1. The van der Waals surface area contributed by atoms with Gasteiger partial charge in [-0.3, -0.25) is 33.8 Å². The SMILES string of the molecule is CCc1c2c(nc3ccc(C)cc13)Cc1cc3c(c(=O)n1C2)COC(=O)[C@@]3(CC)OC(=O)CNC(=O)COCCOC(C)COCCOCC(=O)NCC(=O)O[C@]1(CC)C(=O)OCc2c1cc1n(c2=O)Cc2c-1nc1ccc(O)cc1c2CC. The lowest BCUT2D eigenvalue weighted by Crippen LogP contribution is -2.49. The molecule has 6 aromatic rings. The molecule has 3 N–H and O–H groups in total. The van der Waals surface area contributed by atoms with E-state index in [1.165, 1.54) is 6.07 Å². The normalized spacial score (nSPS) is 17.6. The molecule has 0 saturated heterocycles. The first kappa shape index (κ1) is 58.8. The van der Waals surface area contributed by atoms with E-state index in [0.717, 1.165) is 56.2 Å². The Morgan fingerprint density at radius 3 is 1.85 bits per heavy atom. The van der Waals surface area contributed by atoms with Crippen LogP contribution in [-0.2, 0) is 123 Å². The van der Waals surface area contributed by atoms with E-state index in [0.29, 0.717) is 42.0 Å². The van der Waals surface area contributed by atoms with Crippen molar-refractivity contribution in [2.24, 2.45) is 0 Å². The van der Waals surface area contributed by atoms with Crippen LogP contribution in [0.5, 0.6) is 5.75 Å². The van der Waals surface area contributed by atoms with Crippen molar-refractivity contribution in [3.05, 3.63) is 131 Å². The second-order valence-electron chi connectivity index (χ2n) is 21.1. The van der Waals surface area contributed by atoms with E-state index in [-0.39, 0.29) is 105 Å². The highest BCUT2D eigenvalue weighted by molar-refractivity contribution is 5.92. The van der Waals surface area contributed by atoms with Gasteiger partial charge in [0.1, 0.15) is 45.3 Å². The average molecular weight is 1160 g/mol. The molecule has 0 bridgehead atoms. The van der Waals surface area contributed by atoms with Crippen molar-refractivity contribution in [2.75, 3.05) is 59.3 Å². The van der Waals surface area contributed by atoms with Gasteiger partial charge in [-0.25, -0.2) is 14.6 Å². The molecule has 4 aliphatic rings. The quantitative estimate of drug-likeness (QED) is 0.0463. The monoisotopic (exact) mass is 1150 g/mol. The number of fused-ring (bicyclic) bond motifs is 9. The van der Waals surface area contributed by atoms with Crippen LogP contribution in [0.3, 0.4) is 0 Å². The molecule has 10 rings (SSSR count). The van der Waals surface area contributed by atoms with Crippen LogP contribution in [-0.4, -0.2) is 125 Å². The molecule has 4 aliphatic heterocycles. The van der Waals surface area contributed by atoms with Crippen LogP contribution in [0.25, 0.3) is 33.2 Å². The van der Waals surface area contributed by atoms with Gasteiger partial charge in [-0.2, -0.15) is 0 Å². The molecule has 4 aromatic heterocycles. The van der Waals surface area contributed by atoms with Crippen molar-refractivity contribution >= 4 is 57.5 Å². The fraction of sp³-hybridized carbons (Fsp3) is 0.443. The number of amides is 2. The Balaban J connectivity index is 0.620. The van der Waals surface area contributed by atoms with Gasteiger partial charge in [0.2, 0.25) is 23.0 Å². The molecule has 0 fully saturated rings. The number of rotatable bonds is 23. The van der Waals surface area contributed by atoms with Crippen LogP contribution in [0.4, 0.5) is 0 Å². The van der Waals surface area contributed by atoms with Crippen molar-refractivity contribution in [2.45, 2.75) is 117 Å². The van der Waals surface area contributed by atoms with Gasteiger partial charge in [0.15, 0.2) is 0 Å². The number of nitrogens with one attached hydrogen (secondary N) is 2. The minimum atomic E-state index is -1.97. The van der Waals surface area contributed by atoms with Gasteiger partial charge in [-0.15, -0.1) is 0 Å². The third-order valence-corrected chi connectivity index (χ3v) is 15.9. The number of nitrogens with zero attached hydrogens (tertiary/aromatic N) is 4. The standard InChI is InChI=1S/C61H66N6O17/c1-7-37-39-19-33(5)11-13-47(39)64-49-21-35-20-45-43(56(73)66(35)26-41(37)49)29-81-58(75)60(45,9-3)83-53(71)24-63-52(70)32-79-17-18-80-34(6)28-77-15-16-78-31-51(69)62-25-54(72)84-61(10-4)46-23-50-55-42(27-67(50)57(74)44(46)30-82-59(61)76)38(8-2)40-22-36(68)12-14-48(40)65-55/h11-14,19-20,22-23,34,68H,7-10,15-18,21,24-32H2,1-6H3,(H,62,69)(H,63,70)/t34?,60-,61-/m0/s1. The number of pyridine rings is 4. The number of phenols is 1. The first-order valence-electron chi connectivity index (χ1n) is 28.2. The van der Waals surface area contributed by atoms with Crippen molar-refractivity contribution in [3.8, 4) is 17.1 Å². The molecule has 442 valence electrons. The molecule has 0 spiro atoms. The summed E-state index contributed by atoms with van der Waals surface area (Å²) < 4.78 is 47.9. The molecule has 0 aliphatic carbocycles. The fourth-order valence-electron chi connectivity index (χ4n) is 11.7.